The van der Waals surface area contributed by atoms with E-state index in [2.05, 4.69) is 26.1 Å². The number of esters is 1. The van der Waals surface area contributed by atoms with Crippen LogP contribution < -0.4 is 10.1 Å². The lowest BCUT2D eigenvalue weighted by Crippen LogP contribution is -2.43. The summed E-state index contributed by atoms with van der Waals surface area (Å²) in [5, 5.41) is 2.29. The molecule has 4 nitrogen and oxygen atoms in total. The van der Waals surface area contributed by atoms with Crippen molar-refractivity contribution < 1.29 is 27.4 Å². The van der Waals surface area contributed by atoms with E-state index in [0.29, 0.717) is 24.2 Å². The Kier molecular flexibility index (Phi) is 7.95. The summed E-state index contributed by atoms with van der Waals surface area (Å²) in [7, 11) is 1.47. The van der Waals surface area contributed by atoms with E-state index >= 15 is 0 Å². The standard InChI is InChI=1S/C27H32F3NO3/c1-18-10-15-22(26(2,3)19-8-6-5-7-9-19)23(16-18)34-25(32)17-24(27(28,29)30)31-20-11-13-21(33-4)14-12-20/h5-9,11-14,17-18,22-23,31H,10,15-16H2,1-4H3/b24-17-/t18-,22-,23-/m1/s1. The molecule has 2 aromatic rings. The summed E-state index contributed by atoms with van der Waals surface area (Å²) in [5.41, 5.74) is -0.176. The summed E-state index contributed by atoms with van der Waals surface area (Å²) in [6.07, 6.45) is -2.28. The highest BCUT2D eigenvalue weighted by Crippen LogP contribution is 2.43. The van der Waals surface area contributed by atoms with Gasteiger partial charge in [-0.25, -0.2) is 4.79 Å². The summed E-state index contributed by atoms with van der Waals surface area (Å²) in [6, 6.07) is 15.9. The molecule has 0 spiro atoms. The zero-order valence-electron chi connectivity index (χ0n) is 20.0. The van der Waals surface area contributed by atoms with Gasteiger partial charge in [-0.15, -0.1) is 0 Å². The minimum absolute atomic E-state index is 0.00710. The molecule has 0 aromatic heterocycles. The first-order chi connectivity index (χ1) is 16.0. The van der Waals surface area contributed by atoms with Crippen LogP contribution in [-0.4, -0.2) is 25.4 Å². The molecular weight excluding hydrogens is 443 g/mol. The Hall–Kier alpha value is -2.96. The van der Waals surface area contributed by atoms with Crippen LogP contribution in [0.5, 0.6) is 5.75 Å². The van der Waals surface area contributed by atoms with E-state index in [1.165, 1.54) is 31.4 Å². The van der Waals surface area contributed by atoms with Gasteiger partial charge in [0, 0.05) is 11.6 Å². The number of allylic oxidation sites excluding steroid dienone is 1. The van der Waals surface area contributed by atoms with Crippen LogP contribution in [0.25, 0.3) is 0 Å². The fourth-order valence-electron chi connectivity index (χ4n) is 4.69. The Morgan fingerprint density at radius 3 is 2.26 bits per heavy atom. The number of carbonyl (C=O) groups excluding carboxylic acids is 1. The number of hydrogen-bond donors (Lipinski definition) is 1. The predicted molar refractivity (Wildman–Crippen MR) is 127 cm³/mol. The molecular formula is C27H32F3NO3. The quantitative estimate of drug-likeness (QED) is 0.350. The van der Waals surface area contributed by atoms with Gasteiger partial charge in [0.2, 0.25) is 0 Å². The van der Waals surface area contributed by atoms with Gasteiger partial charge in [-0.2, -0.15) is 13.2 Å². The monoisotopic (exact) mass is 475 g/mol. The largest absolute Gasteiger partial charge is 0.497 e. The maximum absolute atomic E-state index is 13.7. The molecule has 0 saturated heterocycles. The van der Waals surface area contributed by atoms with E-state index in [1.54, 1.807) is 0 Å². The molecule has 1 fully saturated rings. The van der Waals surface area contributed by atoms with E-state index in [1.807, 2.05) is 30.3 Å². The first-order valence-corrected chi connectivity index (χ1v) is 11.5. The summed E-state index contributed by atoms with van der Waals surface area (Å²) in [6.45, 7) is 6.28. The lowest BCUT2D eigenvalue weighted by atomic mass is 9.64. The van der Waals surface area contributed by atoms with Crippen LogP contribution in [0.1, 0.15) is 45.6 Å². The number of anilines is 1. The molecule has 3 atom stereocenters. The maximum Gasteiger partial charge on any atom is 0.431 e. The summed E-state index contributed by atoms with van der Waals surface area (Å²) in [4.78, 5) is 12.7. The number of halogens is 3. The molecule has 1 aliphatic rings. The number of carbonyl (C=O) groups is 1. The van der Waals surface area contributed by atoms with E-state index in [4.69, 9.17) is 9.47 Å². The average molecular weight is 476 g/mol. The molecule has 1 aliphatic carbocycles. The molecule has 0 unspecified atom stereocenters. The van der Waals surface area contributed by atoms with E-state index in [-0.39, 0.29) is 17.0 Å². The molecule has 1 N–H and O–H groups in total. The summed E-state index contributed by atoms with van der Waals surface area (Å²) < 4.78 is 51.8. The van der Waals surface area contributed by atoms with Gasteiger partial charge in [0.15, 0.2) is 0 Å². The molecule has 34 heavy (non-hydrogen) atoms. The normalized spacial score (nSPS) is 21.6. The number of alkyl halides is 3. The van der Waals surface area contributed by atoms with Crippen LogP contribution in [0.15, 0.2) is 66.4 Å². The highest BCUT2D eigenvalue weighted by Gasteiger charge is 2.42. The minimum Gasteiger partial charge on any atom is -0.497 e. The number of rotatable bonds is 7. The molecule has 7 heteroatoms. The average Bonchev–Trinajstić information content (AvgIpc) is 2.79. The SMILES string of the molecule is COc1ccc(N/C(=C\C(=O)O[C@@H]2C[C@H](C)CC[C@H]2C(C)(C)c2ccccc2)C(F)(F)F)cc1. The third kappa shape index (κ3) is 6.33. The van der Waals surface area contributed by atoms with Gasteiger partial charge in [0.25, 0.3) is 0 Å². The minimum atomic E-state index is -4.75. The van der Waals surface area contributed by atoms with Gasteiger partial charge in [-0.1, -0.05) is 57.5 Å². The highest BCUT2D eigenvalue weighted by atomic mass is 19.4. The van der Waals surface area contributed by atoms with Crippen LogP contribution in [-0.2, 0) is 14.9 Å². The second kappa shape index (κ2) is 10.5. The third-order valence-corrected chi connectivity index (χ3v) is 6.70. The zero-order chi connectivity index (χ0) is 24.9. The number of methoxy groups -OCH3 is 1. The number of nitrogens with one attached hydrogen (secondary N) is 1. The Morgan fingerprint density at radius 1 is 1.03 bits per heavy atom. The van der Waals surface area contributed by atoms with Gasteiger partial charge in [0.05, 0.1) is 13.2 Å². The van der Waals surface area contributed by atoms with Crippen molar-refractivity contribution in [3.05, 3.63) is 71.9 Å². The van der Waals surface area contributed by atoms with Crippen molar-refractivity contribution in [1.29, 1.82) is 0 Å². The second-order valence-corrected chi connectivity index (χ2v) is 9.50. The molecule has 1 saturated carbocycles. The predicted octanol–water partition coefficient (Wildman–Crippen LogP) is 6.88. The molecule has 2 aromatic carbocycles. The van der Waals surface area contributed by atoms with Crippen LogP contribution in [0.4, 0.5) is 18.9 Å². The fourth-order valence-corrected chi connectivity index (χ4v) is 4.69. The number of benzene rings is 2. The molecule has 0 radical (unpaired) electrons. The van der Waals surface area contributed by atoms with Gasteiger partial charge in [-0.3, -0.25) is 0 Å². The maximum atomic E-state index is 13.7. The van der Waals surface area contributed by atoms with E-state index in [9.17, 15) is 18.0 Å². The second-order valence-electron chi connectivity index (χ2n) is 9.50. The zero-order valence-corrected chi connectivity index (χ0v) is 20.0. The van der Waals surface area contributed by atoms with Crippen molar-refractivity contribution in [1.82, 2.24) is 0 Å². The van der Waals surface area contributed by atoms with Crippen molar-refractivity contribution >= 4 is 11.7 Å². The molecule has 0 heterocycles. The fraction of sp³-hybridized carbons (Fsp3) is 0.444. The van der Waals surface area contributed by atoms with Crippen molar-refractivity contribution in [3.63, 3.8) is 0 Å². The van der Waals surface area contributed by atoms with Crippen LogP contribution in [0.3, 0.4) is 0 Å². The molecule has 0 bridgehead atoms. The van der Waals surface area contributed by atoms with E-state index in [0.717, 1.165) is 18.4 Å². The summed E-state index contributed by atoms with van der Waals surface area (Å²) >= 11 is 0. The Balaban J connectivity index is 1.81. The summed E-state index contributed by atoms with van der Waals surface area (Å²) in [5.74, 6) is -0.168. The smallest absolute Gasteiger partial charge is 0.431 e. The Morgan fingerprint density at radius 2 is 1.68 bits per heavy atom. The van der Waals surface area contributed by atoms with Crippen LogP contribution >= 0.6 is 0 Å². The van der Waals surface area contributed by atoms with Crippen molar-refractivity contribution in [2.24, 2.45) is 11.8 Å². The van der Waals surface area contributed by atoms with Crippen molar-refractivity contribution in [3.8, 4) is 5.75 Å². The topological polar surface area (TPSA) is 47.6 Å². The number of ether oxygens (including phenoxy) is 2. The molecule has 184 valence electrons. The van der Waals surface area contributed by atoms with Crippen molar-refractivity contribution in [2.45, 2.75) is 57.7 Å². The lowest BCUT2D eigenvalue weighted by molar-refractivity contribution is -0.151. The molecule has 0 amide bonds. The Bertz CT molecular complexity index is 984. The molecule has 0 aliphatic heterocycles. The van der Waals surface area contributed by atoms with Gasteiger partial charge < -0.3 is 14.8 Å². The van der Waals surface area contributed by atoms with Gasteiger partial charge in [0.1, 0.15) is 17.6 Å². The van der Waals surface area contributed by atoms with Crippen LogP contribution in [0, 0.1) is 11.8 Å². The molecule has 3 rings (SSSR count). The number of hydrogen-bond acceptors (Lipinski definition) is 4. The lowest BCUT2D eigenvalue weighted by Gasteiger charge is -2.43. The first-order valence-electron chi connectivity index (χ1n) is 11.5. The van der Waals surface area contributed by atoms with Crippen LogP contribution in [0.2, 0.25) is 0 Å². The van der Waals surface area contributed by atoms with Crippen molar-refractivity contribution in [2.75, 3.05) is 12.4 Å². The van der Waals surface area contributed by atoms with Gasteiger partial charge in [-0.05, 0) is 54.0 Å². The van der Waals surface area contributed by atoms with Gasteiger partial charge >= 0.3 is 12.1 Å². The first kappa shape index (κ1) is 25.7. The van der Waals surface area contributed by atoms with E-state index < -0.39 is 23.9 Å². The highest BCUT2D eigenvalue weighted by molar-refractivity contribution is 5.84. The third-order valence-electron chi connectivity index (χ3n) is 6.70. The Labute approximate surface area is 199 Å².